The second kappa shape index (κ2) is 75.6. The number of aliphatic hydroxyl groups excluding tert-OH is 1. The maximum absolute atomic E-state index is 13.1. The number of carbonyl (C=O) groups excluding carboxylic acids is 4. The Labute approximate surface area is 629 Å². The van der Waals surface area contributed by atoms with Gasteiger partial charge in [0.2, 0.25) is 0 Å². The lowest BCUT2D eigenvalue weighted by Gasteiger charge is -2.21. The summed E-state index contributed by atoms with van der Waals surface area (Å²) in [7, 11) is -10.00. The van der Waals surface area contributed by atoms with Crippen LogP contribution in [0.2, 0.25) is 0 Å². The number of phosphoric acid groups is 2. The van der Waals surface area contributed by atoms with Crippen molar-refractivity contribution in [2.45, 2.75) is 303 Å². The molecule has 17 nitrogen and oxygen atoms in total. The van der Waals surface area contributed by atoms with Crippen molar-refractivity contribution in [3.63, 3.8) is 0 Å². The average Bonchev–Trinajstić information content (AvgIpc) is 0.926. The van der Waals surface area contributed by atoms with Gasteiger partial charge in [-0.05, 0) is 161 Å². The molecular formula is C85H138O17P2. The first-order chi connectivity index (χ1) is 50.7. The lowest BCUT2D eigenvalue weighted by molar-refractivity contribution is -0.161. The third-order valence-corrected chi connectivity index (χ3v) is 17.6. The first-order valence-electron chi connectivity index (χ1n) is 39.4. The normalized spacial score (nSPS) is 14.8. The van der Waals surface area contributed by atoms with Gasteiger partial charge in [-0.1, -0.05) is 268 Å². The topological polar surface area (TPSA) is 237 Å². The van der Waals surface area contributed by atoms with Gasteiger partial charge in [-0.25, -0.2) is 9.13 Å². The van der Waals surface area contributed by atoms with E-state index in [0.29, 0.717) is 32.1 Å². The number of hydrogen-bond acceptors (Lipinski definition) is 15. The van der Waals surface area contributed by atoms with Crippen molar-refractivity contribution in [1.29, 1.82) is 0 Å². The molecule has 0 amide bonds. The van der Waals surface area contributed by atoms with Gasteiger partial charge in [-0.3, -0.25) is 37.3 Å². The molecule has 0 aliphatic heterocycles. The van der Waals surface area contributed by atoms with Crippen molar-refractivity contribution in [2.75, 3.05) is 39.6 Å². The van der Waals surface area contributed by atoms with Crippen LogP contribution in [-0.4, -0.2) is 96.7 Å². The number of unbranched alkanes of at least 4 members (excludes halogenated alkanes) is 18. The Morgan fingerprint density at radius 3 is 0.760 bits per heavy atom. The van der Waals surface area contributed by atoms with Gasteiger partial charge in [0.15, 0.2) is 12.2 Å². The molecule has 0 aromatic heterocycles. The second-order valence-electron chi connectivity index (χ2n) is 25.5. The standard InChI is InChI=1S/C85H138O17P2/c1-5-9-13-17-21-25-29-33-37-39-43-46-50-54-58-62-66-70-83(88)96-76-81(102-85(90)72-68-64-60-56-52-48-44-40-38-34-30-26-22-18-14-10-6-2)78-100-104(93,94)98-74-79(86)73-97-103(91,92)99-77-80(101-84(89)71-67-63-59-55-51-47-42-36-32-28-24-20-16-12-8-4)75-95-82(87)69-65-61-57-53-49-45-41-35-31-27-23-19-15-11-7-3/h9-16,21-28,33-38,41-43,46,54,58,79-81,86H,5-8,17-20,29-32,39-40,44-45,47-53,55-57,59-78H2,1-4H3,(H,91,92)(H,93,94)/b13-9-,14-10-,15-11-,16-12-,25-21-,26-22-,27-23-,28-24-,37-33-,38-34-,41-35-,42-36-,46-43-,58-54-. The lowest BCUT2D eigenvalue weighted by Crippen LogP contribution is -2.30. The van der Waals surface area contributed by atoms with E-state index in [1.807, 2.05) is 12.2 Å². The molecule has 0 spiro atoms. The molecule has 0 aromatic rings. The van der Waals surface area contributed by atoms with Gasteiger partial charge >= 0.3 is 39.5 Å². The van der Waals surface area contributed by atoms with Crippen molar-refractivity contribution in [2.24, 2.45) is 0 Å². The number of aliphatic hydroxyl groups is 1. The van der Waals surface area contributed by atoms with Gasteiger partial charge in [0.1, 0.15) is 19.3 Å². The van der Waals surface area contributed by atoms with Crippen molar-refractivity contribution in [3.05, 3.63) is 170 Å². The van der Waals surface area contributed by atoms with Gasteiger partial charge < -0.3 is 33.8 Å². The zero-order chi connectivity index (χ0) is 76.0. The maximum Gasteiger partial charge on any atom is 0.472 e. The first kappa shape index (κ1) is 98.4. The van der Waals surface area contributed by atoms with Crippen LogP contribution >= 0.6 is 15.6 Å². The fourth-order valence-electron chi connectivity index (χ4n) is 9.83. The van der Waals surface area contributed by atoms with E-state index < -0.39 is 97.5 Å². The Bertz CT molecular complexity index is 2640. The van der Waals surface area contributed by atoms with Crippen LogP contribution in [0.5, 0.6) is 0 Å². The van der Waals surface area contributed by atoms with Crippen LogP contribution in [0.1, 0.15) is 285 Å². The summed E-state index contributed by atoms with van der Waals surface area (Å²) in [4.78, 5) is 73.0. The molecule has 104 heavy (non-hydrogen) atoms. The van der Waals surface area contributed by atoms with E-state index in [2.05, 4.69) is 186 Å². The van der Waals surface area contributed by atoms with Crippen LogP contribution in [0.3, 0.4) is 0 Å². The summed E-state index contributed by atoms with van der Waals surface area (Å²) in [5.74, 6) is -2.30. The highest BCUT2D eigenvalue weighted by Crippen LogP contribution is 2.45. The summed E-state index contributed by atoms with van der Waals surface area (Å²) < 4.78 is 68.5. The summed E-state index contributed by atoms with van der Waals surface area (Å²) in [6.45, 7) is 4.30. The second-order valence-corrected chi connectivity index (χ2v) is 28.4. The molecule has 0 bridgehead atoms. The first-order valence-corrected chi connectivity index (χ1v) is 42.4. The molecule has 5 unspecified atom stereocenters. The number of carbonyl (C=O) groups is 4. The smallest absolute Gasteiger partial charge is 0.462 e. The quantitative estimate of drug-likeness (QED) is 0.0169. The molecule has 0 aliphatic carbocycles. The average molecular weight is 1490 g/mol. The molecule has 0 fully saturated rings. The van der Waals surface area contributed by atoms with Crippen molar-refractivity contribution in [3.8, 4) is 0 Å². The van der Waals surface area contributed by atoms with Gasteiger partial charge in [-0.2, -0.15) is 0 Å². The molecule has 19 heteroatoms. The fraction of sp³-hybridized carbons (Fsp3) is 0.624. The van der Waals surface area contributed by atoms with E-state index in [9.17, 15) is 43.2 Å². The fourth-order valence-corrected chi connectivity index (χ4v) is 11.4. The van der Waals surface area contributed by atoms with Crippen LogP contribution in [-0.2, 0) is 65.4 Å². The van der Waals surface area contributed by atoms with Gasteiger partial charge in [0.25, 0.3) is 0 Å². The monoisotopic (exact) mass is 1490 g/mol. The number of phosphoric ester groups is 2. The van der Waals surface area contributed by atoms with E-state index in [4.69, 9.17) is 37.0 Å². The van der Waals surface area contributed by atoms with Crippen molar-refractivity contribution >= 4 is 39.5 Å². The molecule has 0 heterocycles. The molecule has 590 valence electrons. The minimum absolute atomic E-state index is 0.0646. The van der Waals surface area contributed by atoms with Crippen LogP contribution in [0, 0.1) is 0 Å². The summed E-state index contributed by atoms with van der Waals surface area (Å²) in [6, 6.07) is 0. The Balaban J connectivity index is 5.47. The maximum atomic E-state index is 13.1. The van der Waals surface area contributed by atoms with E-state index in [-0.39, 0.29) is 25.7 Å². The third-order valence-electron chi connectivity index (χ3n) is 15.7. The van der Waals surface area contributed by atoms with E-state index in [1.54, 1.807) is 0 Å². The minimum atomic E-state index is -5.00. The van der Waals surface area contributed by atoms with Crippen LogP contribution in [0.4, 0.5) is 0 Å². The third kappa shape index (κ3) is 74.7. The molecule has 3 N–H and O–H groups in total. The summed E-state index contributed by atoms with van der Waals surface area (Å²) in [5.41, 5.74) is 0. The molecular weight excluding hydrogens is 1350 g/mol. The number of rotatable bonds is 72. The number of esters is 4. The number of hydrogen-bond donors (Lipinski definition) is 3. The highest BCUT2D eigenvalue weighted by atomic mass is 31.2. The summed E-state index contributed by atoms with van der Waals surface area (Å²) in [6.07, 6.45) is 89.1. The molecule has 0 rings (SSSR count). The van der Waals surface area contributed by atoms with E-state index in [1.165, 1.54) is 0 Å². The van der Waals surface area contributed by atoms with Crippen LogP contribution < -0.4 is 0 Å². The SMILES string of the molecule is CC/C=C\C/C=C\C/C=C\C/C=C\C/C=C\CCCC(=O)OCC(COP(=O)(O)OCC(O)COP(=O)(O)OCC(COC(=O)CCCCCCC/C=C\C/C=C\C/C=C\CC)OC(=O)CCCCCCC/C=C\C/C=C\C/C=C\CC)OC(=O)CCCCCCCCC/C=C\C/C=C\C/C=C\CC. The molecule has 0 radical (unpaired) electrons. The lowest BCUT2D eigenvalue weighted by atomic mass is 10.1. The highest BCUT2D eigenvalue weighted by Gasteiger charge is 2.30. The summed E-state index contributed by atoms with van der Waals surface area (Å²) in [5, 5.41) is 10.6. The molecule has 0 saturated carbocycles. The van der Waals surface area contributed by atoms with E-state index >= 15 is 0 Å². The Morgan fingerprint density at radius 2 is 0.481 bits per heavy atom. The van der Waals surface area contributed by atoms with Gasteiger partial charge in [0, 0.05) is 25.7 Å². The van der Waals surface area contributed by atoms with Gasteiger partial charge in [0.05, 0.1) is 26.4 Å². The predicted molar refractivity (Wildman–Crippen MR) is 426 cm³/mol. The number of allylic oxidation sites excluding steroid dienone is 28. The summed E-state index contributed by atoms with van der Waals surface area (Å²) >= 11 is 0. The largest absolute Gasteiger partial charge is 0.472 e. The van der Waals surface area contributed by atoms with Crippen molar-refractivity contribution < 1.29 is 80.2 Å². The van der Waals surface area contributed by atoms with Crippen molar-refractivity contribution in [1.82, 2.24) is 0 Å². The molecule has 0 aromatic carbocycles. The molecule has 0 saturated heterocycles. The highest BCUT2D eigenvalue weighted by molar-refractivity contribution is 7.47. The zero-order valence-electron chi connectivity index (χ0n) is 64.4. The zero-order valence-corrected chi connectivity index (χ0v) is 66.2. The Hall–Kier alpha value is -5.58. The minimum Gasteiger partial charge on any atom is -0.462 e. The van der Waals surface area contributed by atoms with E-state index in [0.717, 1.165) is 199 Å². The van der Waals surface area contributed by atoms with Crippen LogP contribution in [0.15, 0.2) is 170 Å². The Kier molecular flexibility index (Phi) is 71.6. The Morgan fingerprint density at radius 1 is 0.269 bits per heavy atom. The van der Waals surface area contributed by atoms with Gasteiger partial charge in [-0.15, -0.1) is 0 Å². The molecule has 0 aliphatic rings. The predicted octanol–water partition coefficient (Wildman–Crippen LogP) is 23.0. The van der Waals surface area contributed by atoms with Crippen LogP contribution in [0.25, 0.3) is 0 Å². The number of ether oxygens (including phenoxy) is 4. The molecule has 5 atom stereocenters.